The number of nitro groups is 2. The fourth-order valence-electron chi connectivity index (χ4n) is 4.34. The fourth-order valence-corrected chi connectivity index (χ4v) is 4.34. The number of hydrogen-bond donors (Lipinski definition) is 2. The summed E-state index contributed by atoms with van der Waals surface area (Å²) in [6.45, 7) is 1.83. The second-order valence-electron chi connectivity index (χ2n) is 7.88. The molecular formula is C22H23N5O5. The highest BCUT2D eigenvalue weighted by molar-refractivity contribution is 5.79. The number of rotatable bonds is 6. The number of nitrogens with zero attached hydrogens (tertiary/aromatic N) is 4. The van der Waals surface area contributed by atoms with E-state index < -0.39 is 16.5 Å². The number of H-pyrrole nitrogens is 1. The molecule has 1 atom stereocenters. The van der Waals surface area contributed by atoms with Crippen LogP contribution in [0.15, 0.2) is 42.6 Å². The summed E-state index contributed by atoms with van der Waals surface area (Å²) in [7, 11) is 0. The van der Waals surface area contributed by atoms with E-state index in [2.05, 4.69) is 9.97 Å². The number of aromatic amines is 1. The van der Waals surface area contributed by atoms with E-state index >= 15 is 0 Å². The van der Waals surface area contributed by atoms with Crippen molar-refractivity contribution in [3.05, 3.63) is 79.8 Å². The minimum atomic E-state index is -0.620. The Balaban J connectivity index is 1.71. The number of nitrogens with one attached hydrogen (secondary N) is 1. The molecule has 1 saturated heterocycles. The third-order valence-electron chi connectivity index (χ3n) is 5.97. The van der Waals surface area contributed by atoms with Gasteiger partial charge in [0.15, 0.2) is 5.69 Å². The van der Waals surface area contributed by atoms with Crippen LogP contribution in [0.4, 0.5) is 17.1 Å². The SMILES string of the molecule is Cc1c(CO)cc([N+](=O)[O-])c(N2CCCC(c3ncc(-c4ccccc4)[nH]3)C2)c1[N+](=O)[O-]. The summed E-state index contributed by atoms with van der Waals surface area (Å²) in [4.78, 5) is 32.0. The third-order valence-corrected chi connectivity index (χ3v) is 5.97. The molecule has 32 heavy (non-hydrogen) atoms. The number of aliphatic hydroxyl groups excluding tert-OH is 1. The van der Waals surface area contributed by atoms with Crippen molar-refractivity contribution in [1.82, 2.24) is 9.97 Å². The van der Waals surface area contributed by atoms with E-state index in [0.717, 1.165) is 23.5 Å². The molecule has 0 radical (unpaired) electrons. The van der Waals surface area contributed by atoms with E-state index in [4.69, 9.17) is 0 Å². The number of nitro benzene ring substituents is 2. The van der Waals surface area contributed by atoms with E-state index in [1.165, 1.54) is 13.0 Å². The van der Waals surface area contributed by atoms with Crippen LogP contribution in [0.2, 0.25) is 0 Å². The van der Waals surface area contributed by atoms with Crippen LogP contribution in [0.25, 0.3) is 11.3 Å². The van der Waals surface area contributed by atoms with Crippen molar-refractivity contribution in [2.45, 2.75) is 32.3 Å². The molecule has 1 aliphatic rings. The Morgan fingerprint density at radius 1 is 1.22 bits per heavy atom. The lowest BCUT2D eigenvalue weighted by atomic mass is 9.95. The topological polar surface area (TPSA) is 138 Å². The van der Waals surface area contributed by atoms with E-state index in [1.807, 2.05) is 30.3 Å². The maximum Gasteiger partial charge on any atom is 0.302 e. The van der Waals surface area contributed by atoms with Gasteiger partial charge in [-0.25, -0.2) is 4.98 Å². The monoisotopic (exact) mass is 437 g/mol. The van der Waals surface area contributed by atoms with Gasteiger partial charge < -0.3 is 15.0 Å². The lowest BCUT2D eigenvalue weighted by molar-refractivity contribution is -0.393. The second-order valence-corrected chi connectivity index (χ2v) is 7.88. The molecule has 1 fully saturated rings. The molecule has 2 aromatic carbocycles. The molecule has 10 heteroatoms. The first-order chi connectivity index (χ1) is 15.4. The van der Waals surface area contributed by atoms with Gasteiger partial charge in [-0.1, -0.05) is 30.3 Å². The molecule has 0 bridgehead atoms. The summed E-state index contributed by atoms with van der Waals surface area (Å²) < 4.78 is 0. The number of hydrogen-bond acceptors (Lipinski definition) is 7. The van der Waals surface area contributed by atoms with Gasteiger partial charge in [0.05, 0.1) is 28.3 Å². The molecule has 2 heterocycles. The van der Waals surface area contributed by atoms with Crippen LogP contribution in [-0.4, -0.2) is 38.0 Å². The Morgan fingerprint density at radius 3 is 2.62 bits per heavy atom. The standard InChI is InChI=1S/C22H23N5O5/c1-14-17(13-28)10-19(26(29)30)21(20(14)27(31)32)25-9-5-8-16(12-25)22-23-11-18(24-22)15-6-3-2-4-7-15/h2-4,6-7,10-11,16,28H,5,8-9,12-13H2,1H3,(H,23,24). The maximum absolute atomic E-state index is 11.9. The van der Waals surface area contributed by atoms with Gasteiger partial charge >= 0.3 is 5.69 Å². The third kappa shape index (κ3) is 3.92. The molecule has 3 aromatic rings. The van der Waals surface area contributed by atoms with Crippen LogP contribution in [0.5, 0.6) is 0 Å². The second kappa shape index (κ2) is 8.75. The molecule has 10 nitrogen and oxygen atoms in total. The first-order valence-electron chi connectivity index (χ1n) is 10.3. The summed E-state index contributed by atoms with van der Waals surface area (Å²) in [5, 5.41) is 33.2. The number of piperidine rings is 1. The van der Waals surface area contributed by atoms with Crippen molar-refractivity contribution in [1.29, 1.82) is 0 Å². The van der Waals surface area contributed by atoms with E-state index in [0.29, 0.717) is 19.5 Å². The highest BCUT2D eigenvalue weighted by Crippen LogP contribution is 2.44. The molecule has 1 aromatic heterocycles. The zero-order valence-electron chi connectivity index (χ0n) is 17.5. The molecule has 0 spiro atoms. The summed E-state index contributed by atoms with van der Waals surface area (Å²) in [6.07, 6.45) is 3.28. The quantitative estimate of drug-likeness (QED) is 0.437. The zero-order chi connectivity index (χ0) is 22.8. The van der Waals surface area contributed by atoms with Gasteiger partial charge in [-0.3, -0.25) is 20.2 Å². The minimum Gasteiger partial charge on any atom is -0.392 e. The van der Waals surface area contributed by atoms with Gasteiger partial charge in [-0.2, -0.15) is 0 Å². The molecule has 1 unspecified atom stereocenters. The van der Waals surface area contributed by atoms with Crippen LogP contribution < -0.4 is 4.90 Å². The Kier molecular flexibility index (Phi) is 5.87. The predicted molar refractivity (Wildman–Crippen MR) is 119 cm³/mol. The average molecular weight is 437 g/mol. The summed E-state index contributed by atoms with van der Waals surface area (Å²) >= 11 is 0. The largest absolute Gasteiger partial charge is 0.392 e. The summed E-state index contributed by atoms with van der Waals surface area (Å²) in [5.74, 6) is 0.695. The molecule has 0 saturated carbocycles. The number of aliphatic hydroxyl groups is 1. The lowest BCUT2D eigenvalue weighted by Gasteiger charge is -2.33. The normalized spacial score (nSPS) is 16.2. The van der Waals surface area contributed by atoms with Crippen LogP contribution in [0.3, 0.4) is 0 Å². The fraction of sp³-hybridized carbons (Fsp3) is 0.318. The van der Waals surface area contributed by atoms with E-state index in [9.17, 15) is 25.3 Å². The Hall–Kier alpha value is -3.79. The first-order valence-corrected chi connectivity index (χ1v) is 10.3. The van der Waals surface area contributed by atoms with Crippen LogP contribution in [0, 0.1) is 27.2 Å². The lowest BCUT2D eigenvalue weighted by Crippen LogP contribution is -2.35. The van der Waals surface area contributed by atoms with E-state index in [1.54, 1.807) is 11.1 Å². The van der Waals surface area contributed by atoms with Crippen molar-refractivity contribution in [2.75, 3.05) is 18.0 Å². The van der Waals surface area contributed by atoms with Crippen LogP contribution >= 0.6 is 0 Å². The highest BCUT2D eigenvalue weighted by Gasteiger charge is 2.36. The molecule has 4 rings (SSSR count). The Morgan fingerprint density at radius 2 is 1.97 bits per heavy atom. The van der Waals surface area contributed by atoms with Crippen molar-refractivity contribution in [3.8, 4) is 11.3 Å². The van der Waals surface area contributed by atoms with Gasteiger partial charge in [0.1, 0.15) is 5.82 Å². The highest BCUT2D eigenvalue weighted by atomic mass is 16.6. The predicted octanol–water partition coefficient (Wildman–Crippen LogP) is 4.08. The molecule has 1 aliphatic heterocycles. The van der Waals surface area contributed by atoms with Crippen molar-refractivity contribution in [2.24, 2.45) is 0 Å². The van der Waals surface area contributed by atoms with Crippen molar-refractivity contribution >= 4 is 17.1 Å². The molecule has 2 N–H and O–H groups in total. The number of anilines is 1. The molecule has 0 amide bonds. The first kappa shape index (κ1) is 21.4. The van der Waals surface area contributed by atoms with Gasteiger partial charge in [0.2, 0.25) is 0 Å². The number of aromatic nitrogens is 2. The molecule has 0 aliphatic carbocycles. The minimum absolute atomic E-state index is 0.00533. The maximum atomic E-state index is 11.9. The van der Waals surface area contributed by atoms with Gasteiger partial charge in [0.25, 0.3) is 5.69 Å². The molecule has 166 valence electrons. The van der Waals surface area contributed by atoms with Gasteiger partial charge in [-0.15, -0.1) is 0 Å². The summed E-state index contributed by atoms with van der Waals surface area (Å²) in [5.41, 5.74) is 1.60. The van der Waals surface area contributed by atoms with Crippen LogP contribution in [-0.2, 0) is 6.61 Å². The molecular weight excluding hydrogens is 414 g/mol. The van der Waals surface area contributed by atoms with Gasteiger partial charge in [-0.05, 0) is 30.9 Å². The number of imidazole rings is 1. The zero-order valence-corrected chi connectivity index (χ0v) is 17.5. The number of benzene rings is 2. The Bertz CT molecular complexity index is 1160. The van der Waals surface area contributed by atoms with Crippen LogP contribution in [0.1, 0.15) is 35.7 Å². The van der Waals surface area contributed by atoms with Crippen molar-refractivity contribution in [3.63, 3.8) is 0 Å². The Labute approximate surface area is 183 Å². The van der Waals surface area contributed by atoms with Crippen molar-refractivity contribution < 1.29 is 15.0 Å². The van der Waals surface area contributed by atoms with Gasteiger partial charge in [0, 0.05) is 30.6 Å². The average Bonchev–Trinajstić information content (AvgIpc) is 3.29. The smallest absolute Gasteiger partial charge is 0.302 e. The van der Waals surface area contributed by atoms with E-state index in [-0.39, 0.29) is 34.1 Å². The summed E-state index contributed by atoms with van der Waals surface area (Å²) in [6, 6.07) is 11.0.